The van der Waals surface area contributed by atoms with Crippen molar-refractivity contribution in [2.75, 3.05) is 6.54 Å². The largest absolute Gasteiger partial charge is 0.305 e. The SMILES string of the molecule is CCNC(c1cc(Br)cs1)c1c(Br)cnn1C(C)C. The van der Waals surface area contributed by atoms with E-state index in [4.69, 9.17) is 0 Å². The monoisotopic (exact) mass is 405 g/mol. The average Bonchev–Trinajstić information content (AvgIpc) is 2.93. The summed E-state index contributed by atoms with van der Waals surface area (Å²) in [5.74, 6) is 0. The highest BCUT2D eigenvalue weighted by Crippen LogP contribution is 2.34. The van der Waals surface area contributed by atoms with Gasteiger partial charge in [-0.2, -0.15) is 5.10 Å². The van der Waals surface area contributed by atoms with Gasteiger partial charge in [-0.05, 0) is 58.3 Å². The molecule has 2 aromatic rings. The van der Waals surface area contributed by atoms with E-state index >= 15 is 0 Å². The van der Waals surface area contributed by atoms with Gasteiger partial charge in [0.1, 0.15) is 0 Å². The molecule has 104 valence electrons. The third-order valence-electron chi connectivity index (χ3n) is 2.83. The maximum atomic E-state index is 4.47. The van der Waals surface area contributed by atoms with Crippen LogP contribution < -0.4 is 5.32 Å². The molecule has 0 spiro atoms. The van der Waals surface area contributed by atoms with Crippen LogP contribution in [0.2, 0.25) is 0 Å². The van der Waals surface area contributed by atoms with Crippen molar-refractivity contribution in [3.63, 3.8) is 0 Å². The van der Waals surface area contributed by atoms with Crippen LogP contribution in [0.15, 0.2) is 26.6 Å². The summed E-state index contributed by atoms with van der Waals surface area (Å²) in [6, 6.07) is 2.67. The van der Waals surface area contributed by atoms with Crippen LogP contribution in [0.25, 0.3) is 0 Å². The van der Waals surface area contributed by atoms with E-state index in [-0.39, 0.29) is 6.04 Å². The third kappa shape index (κ3) is 3.29. The van der Waals surface area contributed by atoms with Gasteiger partial charge in [0.05, 0.1) is 22.4 Å². The average molecular weight is 407 g/mol. The van der Waals surface area contributed by atoms with E-state index in [0.717, 1.165) is 15.5 Å². The van der Waals surface area contributed by atoms with Gasteiger partial charge in [0, 0.05) is 20.8 Å². The zero-order chi connectivity index (χ0) is 14.0. The van der Waals surface area contributed by atoms with Crippen molar-refractivity contribution in [2.45, 2.75) is 32.9 Å². The van der Waals surface area contributed by atoms with E-state index < -0.39 is 0 Å². The van der Waals surface area contributed by atoms with Gasteiger partial charge in [0.2, 0.25) is 0 Å². The summed E-state index contributed by atoms with van der Waals surface area (Å²) in [5.41, 5.74) is 1.19. The van der Waals surface area contributed by atoms with Gasteiger partial charge in [-0.25, -0.2) is 0 Å². The van der Waals surface area contributed by atoms with Gasteiger partial charge < -0.3 is 5.32 Å². The van der Waals surface area contributed by atoms with Crippen molar-refractivity contribution in [1.29, 1.82) is 0 Å². The standard InChI is InChI=1S/C13H17Br2N3S/c1-4-16-12(11-5-9(14)7-19-11)13-10(15)6-17-18(13)8(2)3/h5-8,12,16H,4H2,1-3H3. The number of nitrogens with zero attached hydrogens (tertiary/aromatic N) is 2. The van der Waals surface area contributed by atoms with E-state index in [1.54, 1.807) is 11.3 Å². The summed E-state index contributed by atoms with van der Waals surface area (Å²) in [4.78, 5) is 1.29. The first-order valence-electron chi connectivity index (χ1n) is 6.24. The Balaban J connectivity index is 2.47. The number of nitrogens with one attached hydrogen (secondary N) is 1. The fourth-order valence-corrected chi connectivity index (χ4v) is 4.07. The number of halogens is 2. The highest BCUT2D eigenvalue weighted by atomic mass is 79.9. The predicted molar refractivity (Wildman–Crippen MR) is 87.9 cm³/mol. The van der Waals surface area contributed by atoms with E-state index in [9.17, 15) is 0 Å². The Kier molecular flexibility index (Phi) is 5.22. The van der Waals surface area contributed by atoms with Crippen LogP contribution in [0.4, 0.5) is 0 Å². The van der Waals surface area contributed by atoms with E-state index in [1.165, 1.54) is 10.6 Å². The predicted octanol–water partition coefficient (Wildman–Crippen LogP) is 4.75. The van der Waals surface area contributed by atoms with Crippen LogP contribution in [0.3, 0.4) is 0 Å². The van der Waals surface area contributed by atoms with Crippen molar-refractivity contribution in [2.24, 2.45) is 0 Å². The van der Waals surface area contributed by atoms with Crippen LogP contribution in [0.1, 0.15) is 43.4 Å². The van der Waals surface area contributed by atoms with Crippen molar-refractivity contribution in [3.05, 3.63) is 37.2 Å². The summed E-state index contributed by atoms with van der Waals surface area (Å²) < 4.78 is 4.25. The normalized spacial score (nSPS) is 13.2. The smallest absolute Gasteiger partial charge is 0.0853 e. The van der Waals surface area contributed by atoms with Crippen LogP contribution in [0.5, 0.6) is 0 Å². The van der Waals surface area contributed by atoms with Crippen LogP contribution in [-0.2, 0) is 0 Å². The van der Waals surface area contributed by atoms with Gasteiger partial charge in [0.25, 0.3) is 0 Å². The Labute approximate surface area is 134 Å². The van der Waals surface area contributed by atoms with Gasteiger partial charge in [-0.1, -0.05) is 6.92 Å². The molecule has 0 aliphatic rings. The Hall–Kier alpha value is -0.170. The second kappa shape index (κ2) is 6.52. The molecule has 6 heteroatoms. The lowest BCUT2D eigenvalue weighted by atomic mass is 10.1. The molecule has 2 rings (SSSR count). The molecular formula is C13H17Br2N3S. The Morgan fingerprint density at radius 3 is 2.68 bits per heavy atom. The summed E-state index contributed by atoms with van der Waals surface area (Å²) >= 11 is 8.91. The van der Waals surface area contributed by atoms with Crippen LogP contribution in [-0.4, -0.2) is 16.3 Å². The number of aromatic nitrogens is 2. The first kappa shape index (κ1) is 15.2. The second-order valence-electron chi connectivity index (χ2n) is 4.57. The molecule has 2 heterocycles. The van der Waals surface area contributed by atoms with Gasteiger partial charge >= 0.3 is 0 Å². The second-order valence-corrected chi connectivity index (χ2v) is 7.29. The first-order chi connectivity index (χ1) is 9.04. The molecule has 0 bridgehead atoms. The van der Waals surface area contributed by atoms with Crippen molar-refractivity contribution >= 4 is 43.2 Å². The molecule has 0 saturated carbocycles. The molecule has 19 heavy (non-hydrogen) atoms. The summed E-state index contributed by atoms with van der Waals surface area (Å²) in [6.45, 7) is 7.34. The molecule has 0 aromatic carbocycles. The summed E-state index contributed by atoms with van der Waals surface area (Å²) in [7, 11) is 0. The molecule has 0 radical (unpaired) electrons. The van der Waals surface area contributed by atoms with Crippen molar-refractivity contribution in [1.82, 2.24) is 15.1 Å². The zero-order valence-electron chi connectivity index (χ0n) is 11.2. The molecule has 1 atom stereocenters. The van der Waals surface area contributed by atoms with Crippen molar-refractivity contribution < 1.29 is 0 Å². The third-order valence-corrected chi connectivity index (χ3v) is 5.20. The quantitative estimate of drug-likeness (QED) is 0.776. The van der Waals surface area contributed by atoms with Gasteiger partial charge in [-0.3, -0.25) is 4.68 Å². The minimum absolute atomic E-state index is 0.167. The highest BCUT2D eigenvalue weighted by Gasteiger charge is 2.23. The molecule has 2 aromatic heterocycles. The topological polar surface area (TPSA) is 29.9 Å². The zero-order valence-corrected chi connectivity index (χ0v) is 15.1. The highest BCUT2D eigenvalue weighted by molar-refractivity contribution is 9.10. The lowest BCUT2D eigenvalue weighted by molar-refractivity contribution is 0.477. The van der Waals surface area contributed by atoms with E-state index in [2.05, 4.69) is 79.2 Å². The molecule has 1 N–H and O–H groups in total. The molecular weight excluding hydrogens is 390 g/mol. The minimum atomic E-state index is 0.167. The lowest BCUT2D eigenvalue weighted by Gasteiger charge is -2.20. The van der Waals surface area contributed by atoms with E-state index in [0.29, 0.717) is 6.04 Å². The minimum Gasteiger partial charge on any atom is -0.305 e. The molecule has 0 fully saturated rings. The molecule has 0 aliphatic heterocycles. The van der Waals surface area contributed by atoms with Gasteiger partial charge in [-0.15, -0.1) is 11.3 Å². The van der Waals surface area contributed by atoms with Crippen molar-refractivity contribution in [3.8, 4) is 0 Å². The Morgan fingerprint density at radius 1 is 1.42 bits per heavy atom. The summed E-state index contributed by atoms with van der Waals surface area (Å²) in [6.07, 6.45) is 1.88. The lowest BCUT2D eigenvalue weighted by Crippen LogP contribution is -2.25. The molecule has 3 nitrogen and oxygen atoms in total. The fraction of sp³-hybridized carbons (Fsp3) is 0.462. The molecule has 1 unspecified atom stereocenters. The number of hydrogen-bond acceptors (Lipinski definition) is 3. The maximum absolute atomic E-state index is 4.47. The number of rotatable bonds is 5. The molecule has 0 saturated heterocycles. The van der Waals surface area contributed by atoms with Gasteiger partial charge in [0.15, 0.2) is 0 Å². The number of thiophene rings is 1. The molecule has 0 amide bonds. The van der Waals surface area contributed by atoms with Crippen LogP contribution >= 0.6 is 43.2 Å². The maximum Gasteiger partial charge on any atom is 0.0853 e. The fourth-order valence-electron chi connectivity index (χ4n) is 2.05. The first-order valence-corrected chi connectivity index (χ1v) is 8.71. The Morgan fingerprint density at radius 2 is 2.16 bits per heavy atom. The number of hydrogen-bond donors (Lipinski definition) is 1. The molecule has 0 aliphatic carbocycles. The Bertz CT molecular complexity index is 548. The van der Waals surface area contributed by atoms with Crippen LogP contribution in [0, 0.1) is 0 Å². The van der Waals surface area contributed by atoms with E-state index in [1.807, 2.05) is 6.20 Å². The summed E-state index contributed by atoms with van der Waals surface area (Å²) in [5, 5.41) is 10.1.